The quantitative estimate of drug-likeness (QED) is 0.798. The fourth-order valence-corrected chi connectivity index (χ4v) is 1.83. The molecule has 1 N–H and O–H groups in total. The minimum absolute atomic E-state index is 0.127. The van der Waals surface area contributed by atoms with Crippen LogP contribution in [0, 0.1) is 0 Å². The lowest BCUT2D eigenvalue weighted by molar-refractivity contribution is 0.236. The third-order valence-corrected chi connectivity index (χ3v) is 3.10. The first-order valence-corrected chi connectivity index (χ1v) is 6.06. The molecule has 1 unspecified atom stereocenters. The summed E-state index contributed by atoms with van der Waals surface area (Å²) < 4.78 is 0. The first-order chi connectivity index (χ1) is 7.67. The van der Waals surface area contributed by atoms with E-state index in [0.717, 1.165) is 12.1 Å². The molecule has 0 bridgehead atoms. The Morgan fingerprint density at radius 2 is 1.75 bits per heavy atom. The van der Waals surface area contributed by atoms with Gasteiger partial charge in [0.1, 0.15) is 0 Å². The van der Waals surface area contributed by atoms with Gasteiger partial charge in [0, 0.05) is 12.6 Å². The second-order valence-electron chi connectivity index (χ2n) is 4.53. The lowest BCUT2D eigenvalue weighted by Gasteiger charge is -2.24. The largest absolute Gasteiger partial charge is 0.392 e. The Kier molecular flexibility index (Phi) is 5.50. The molecule has 16 heavy (non-hydrogen) atoms. The molecule has 1 atom stereocenters. The van der Waals surface area contributed by atoms with Crippen LogP contribution in [0.5, 0.6) is 0 Å². The molecule has 0 fully saturated rings. The fraction of sp³-hybridized carbons (Fsp3) is 0.571. The van der Waals surface area contributed by atoms with Gasteiger partial charge in [-0.1, -0.05) is 37.6 Å². The number of aliphatic hydroxyl groups excluding tert-OH is 1. The Morgan fingerprint density at radius 3 is 2.25 bits per heavy atom. The average molecular weight is 221 g/mol. The summed E-state index contributed by atoms with van der Waals surface area (Å²) in [4.78, 5) is 2.37. The van der Waals surface area contributed by atoms with Crippen LogP contribution < -0.4 is 0 Å². The molecular weight excluding hydrogens is 198 g/mol. The van der Waals surface area contributed by atoms with Gasteiger partial charge in [0.25, 0.3) is 0 Å². The molecule has 2 heteroatoms. The number of hydrogen-bond donors (Lipinski definition) is 1. The summed E-state index contributed by atoms with van der Waals surface area (Å²) in [6, 6.07) is 8.81. The van der Waals surface area contributed by atoms with Crippen molar-refractivity contribution in [2.24, 2.45) is 0 Å². The van der Waals surface area contributed by atoms with Crippen LogP contribution in [-0.2, 0) is 13.2 Å². The highest BCUT2D eigenvalue weighted by Gasteiger charge is 2.08. The average Bonchev–Trinajstić information content (AvgIpc) is 2.30. The van der Waals surface area contributed by atoms with E-state index in [1.165, 1.54) is 18.4 Å². The van der Waals surface area contributed by atoms with Crippen molar-refractivity contribution in [2.45, 2.75) is 45.9 Å². The summed E-state index contributed by atoms with van der Waals surface area (Å²) in [6.45, 7) is 5.60. The predicted octanol–water partition coefficient (Wildman–Crippen LogP) is 2.80. The Morgan fingerprint density at radius 1 is 1.19 bits per heavy atom. The van der Waals surface area contributed by atoms with E-state index in [1.54, 1.807) is 0 Å². The lowest BCUT2D eigenvalue weighted by atomic mass is 10.1. The summed E-state index contributed by atoms with van der Waals surface area (Å²) in [5.41, 5.74) is 2.29. The maximum absolute atomic E-state index is 8.96. The summed E-state index contributed by atoms with van der Waals surface area (Å²) in [5, 5.41) is 8.96. The Hall–Kier alpha value is -0.860. The molecule has 1 aromatic carbocycles. The van der Waals surface area contributed by atoms with E-state index in [1.807, 2.05) is 12.1 Å². The molecular formula is C14H23NO. The maximum Gasteiger partial charge on any atom is 0.0681 e. The summed E-state index contributed by atoms with van der Waals surface area (Å²) in [7, 11) is 2.17. The number of benzene rings is 1. The molecule has 0 amide bonds. The van der Waals surface area contributed by atoms with Gasteiger partial charge >= 0.3 is 0 Å². The second kappa shape index (κ2) is 6.66. The number of nitrogens with zero attached hydrogens (tertiary/aromatic N) is 1. The van der Waals surface area contributed by atoms with Crippen LogP contribution in [0.2, 0.25) is 0 Å². The minimum Gasteiger partial charge on any atom is -0.392 e. The summed E-state index contributed by atoms with van der Waals surface area (Å²) in [5.74, 6) is 0. The van der Waals surface area contributed by atoms with E-state index in [2.05, 4.69) is 37.9 Å². The molecule has 0 aliphatic carbocycles. The molecule has 0 aliphatic rings. The van der Waals surface area contributed by atoms with Crippen molar-refractivity contribution in [2.75, 3.05) is 7.05 Å². The van der Waals surface area contributed by atoms with Crippen LogP contribution in [0.3, 0.4) is 0 Å². The second-order valence-corrected chi connectivity index (χ2v) is 4.53. The van der Waals surface area contributed by atoms with E-state index in [0.29, 0.717) is 6.04 Å². The van der Waals surface area contributed by atoms with Gasteiger partial charge in [-0.2, -0.15) is 0 Å². The van der Waals surface area contributed by atoms with E-state index in [-0.39, 0.29) is 6.61 Å². The SMILES string of the molecule is CCCC(C)N(C)Cc1ccc(CO)cc1. The monoisotopic (exact) mass is 221 g/mol. The molecule has 90 valence electrons. The van der Waals surface area contributed by atoms with Gasteiger partial charge in [-0.15, -0.1) is 0 Å². The fourth-order valence-electron chi connectivity index (χ4n) is 1.83. The van der Waals surface area contributed by atoms with Gasteiger partial charge in [0.05, 0.1) is 6.61 Å². The molecule has 0 aromatic heterocycles. The Bertz CT molecular complexity index is 294. The molecule has 2 nitrogen and oxygen atoms in total. The van der Waals surface area contributed by atoms with Gasteiger partial charge in [-0.3, -0.25) is 4.90 Å². The molecule has 0 radical (unpaired) electrons. The van der Waals surface area contributed by atoms with Crippen molar-refractivity contribution in [1.82, 2.24) is 4.90 Å². The maximum atomic E-state index is 8.96. The van der Waals surface area contributed by atoms with Crippen LogP contribution in [0.15, 0.2) is 24.3 Å². The molecule has 0 spiro atoms. The zero-order valence-corrected chi connectivity index (χ0v) is 10.6. The standard InChI is InChI=1S/C14H23NO/c1-4-5-12(2)15(3)10-13-6-8-14(11-16)9-7-13/h6-9,12,16H,4-5,10-11H2,1-3H3. The van der Waals surface area contributed by atoms with Crippen molar-refractivity contribution in [3.8, 4) is 0 Å². The van der Waals surface area contributed by atoms with Gasteiger partial charge in [0.2, 0.25) is 0 Å². The number of aliphatic hydroxyl groups is 1. The van der Waals surface area contributed by atoms with Crippen molar-refractivity contribution in [3.63, 3.8) is 0 Å². The molecule has 0 saturated heterocycles. The minimum atomic E-state index is 0.127. The summed E-state index contributed by atoms with van der Waals surface area (Å²) >= 11 is 0. The number of hydrogen-bond acceptors (Lipinski definition) is 2. The van der Waals surface area contributed by atoms with Gasteiger partial charge in [0.15, 0.2) is 0 Å². The zero-order chi connectivity index (χ0) is 12.0. The predicted molar refractivity (Wildman–Crippen MR) is 68.2 cm³/mol. The third-order valence-electron chi connectivity index (χ3n) is 3.10. The highest BCUT2D eigenvalue weighted by atomic mass is 16.3. The van der Waals surface area contributed by atoms with E-state index < -0.39 is 0 Å². The molecule has 0 heterocycles. The smallest absolute Gasteiger partial charge is 0.0681 e. The first-order valence-electron chi connectivity index (χ1n) is 6.06. The van der Waals surface area contributed by atoms with Gasteiger partial charge in [-0.05, 0) is 31.5 Å². The Balaban J connectivity index is 2.52. The highest BCUT2D eigenvalue weighted by Crippen LogP contribution is 2.11. The Labute approximate surface area is 98.9 Å². The van der Waals surface area contributed by atoms with Gasteiger partial charge < -0.3 is 5.11 Å². The van der Waals surface area contributed by atoms with Crippen LogP contribution >= 0.6 is 0 Å². The highest BCUT2D eigenvalue weighted by molar-refractivity contribution is 5.21. The molecule has 1 aromatic rings. The van der Waals surface area contributed by atoms with Crippen LogP contribution in [-0.4, -0.2) is 23.1 Å². The van der Waals surface area contributed by atoms with Crippen LogP contribution in [0.1, 0.15) is 37.8 Å². The molecule has 0 aliphatic heterocycles. The van der Waals surface area contributed by atoms with Crippen molar-refractivity contribution < 1.29 is 5.11 Å². The molecule has 1 rings (SSSR count). The topological polar surface area (TPSA) is 23.5 Å². The van der Waals surface area contributed by atoms with E-state index >= 15 is 0 Å². The van der Waals surface area contributed by atoms with Crippen molar-refractivity contribution >= 4 is 0 Å². The number of rotatable bonds is 6. The zero-order valence-electron chi connectivity index (χ0n) is 10.6. The lowest BCUT2D eigenvalue weighted by Crippen LogP contribution is -2.28. The third kappa shape index (κ3) is 3.95. The van der Waals surface area contributed by atoms with E-state index in [9.17, 15) is 0 Å². The first kappa shape index (κ1) is 13.2. The summed E-state index contributed by atoms with van der Waals surface area (Å²) in [6.07, 6.45) is 2.47. The normalized spacial score (nSPS) is 13.1. The van der Waals surface area contributed by atoms with E-state index in [4.69, 9.17) is 5.11 Å². The van der Waals surface area contributed by atoms with Gasteiger partial charge in [-0.25, -0.2) is 0 Å². The van der Waals surface area contributed by atoms with Crippen LogP contribution in [0.4, 0.5) is 0 Å². The van der Waals surface area contributed by atoms with Crippen molar-refractivity contribution in [3.05, 3.63) is 35.4 Å². The van der Waals surface area contributed by atoms with Crippen molar-refractivity contribution in [1.29, 1.82) is 0 Å². The molecule has 0 saturated carbocycles. The van der Waals surface area contributed by atoms with Crippen LogP contribution in [0.25, 0.3) is 0 Å².